The summed E-state index contributed by atoms with van der Waals surface area (Å²) >= 11 is 5.85. The first-order chi connectivity index (χ1) is 11.7. The van der Waals surface area contributed by atoms with Crippen LogP contribution in [0.4, 0.5) is 5.69 Å². The van der Waals surface area contributed by atoms with Crippen molar-refractivity contribution in [3.05, 3.63) is 59.1 Å². The Morgan fingerprint density at radius 1 is 1.12 bits per heavy atom. The van der Waals surface area contributed by atoms with Crippen molar-refractivity contribution in [3.8, 4) is 0 Å². The predicted molar refractivity (Wildman–Crippen MR) is 100 cm³/mol. The van der Waals surface area contributed by atoms with Crippen LogP contribution in [-0.2, 0) is 14.8 Å². The summed E-state index contributed by atoms with van der Waals surface area (Å²) in [6.45, 7) is 5.15. The Balaban J connectivity index is 2.48. The van der Waals surface area contributed by atoms with E-state index in [-0.39, 0.29) is 23.4 Å². The number of nitrogens with zero attached hydrogens (tertiary/aromatic N) is 1. The van der Waals surface area contributed by atoms with Crippen molar-refractivity contribution in [1.29, 1.82) is 0 Å². The van der Waals surface area contributed by atoms with E-state index in [2.05, 4.69) is 5.32 Å². The third-order valence-corrected chi connectivity index (χ3v) is 5.55. The van der Waals surface area contributed by atoms with E-state index in [0.29, 0.717) is 10.7 Å². The van der Waals surface area contributed by atoms with Crippen molar-refractivity contribution < 1.29 is 13.2 Å². The standard InChI is InChI=1S/C18H21ClN2O3S/c1-13(2)20-18(22)12-21(17-7-5-4-6-14(17)3)25(23,24)16-10-8-15(19)9-11-16/h4-11,13H,12H2,1-3H3,(H,20,22). The number of halogens is 1. The Kier molecular flexibility index (Phi) is 6.08. The quantitative estimate of drug-likeness (QED) is 0.835. The number of benzene rings is 2. The summed E-state index contributed by atoms with van der Waals surface area (Å²) in [4.78, 5) is 12.3. The Labute approximate surface area is 153 Å². The molecule has 2 aromatic rings. The van der Waals surface area contributed by atoms with Gasteiger partial charge >= 0.3 is 0 Å². The molecular formula is C18H21ClN2O3S. The molecule has 1 amide bonds. The maximum absolute atomic E-state index is 13.1. The van der Waals surface area contributed by atoms with E-state index in [1.807, 2.05) is 19.9 Å². The lowest BCUT2D eigenvalue weighted by Gasteiger charge is -2.26. The van der Waals surface area contributed by atoms with Gasteiger partial charge in [0.2, 0.25) is 5.91 Å². The molecule has 7 heteroatoms. The molecule has 2 rings (SSSR count). The van der Waals surface area contributed by atoms with Crippen LogP contribution in [0.25, 0.3) is 0 Å². The molecule has 134 valence electrons. The molecule has 0 aromatic heterocycles. The van der Waals surface area contributed by atoms with Gasteiger partial charge in [-0.3, -0.25) is 9.10 Å². The van der Waals surface area contributed by atoms with Crippen LogP contribution in [0.3, 0.4) is 0 Å². The first-order valence-electron chi connectivity index (χ1n) is 7.85. The van der Waals surface area contributed by atoms with Crippen molar-refractivity contribution in [1.82, 2.24) is 5.32 Å². The highest BCUT2D eigenvalue weighted by molar-refractivity contribution is 7.92. The molecule has 0 unspecified atom stereocenters. The third kappa shape index (κ3) is 4.74. The molecule has 0 saturated heterocycles. The summed E-state index contributed by atoms with van der Waals surface area (Å²) in [5, 5.41) is 3.17. The fourth-order valence-corrected chi connectivity index (χ4v) is 3.99. The number of anilines is 1. The number of aryl methyl sites for hydroxylation is 1. The number of hydrogen-bond donors (Lipinski definition) is 1. The molecule has 0 heterocycles. The fourth-order valence-electron chi connectivity index (χ4n) is 2.37. The largest absolute Gasteiger partial charge is 0.352 e. The monoisotopic (exact) mass is 380 g/mol. The Morgan fingerprint density at radius 3 is 2.28 bits per heavy atom. The SMILES string of the molecule is Cc1ccccc1N(CC(=O)NC(C)C)S(=O)(=O)c1ccc(Cl)cc1. The van der Waals surface area contributed by atoms with Crippen LogP contribution in [-0.4, -0.2) is 26.9 Å². The third-order valence-electron chi connectivity index (χ3n) is 3.52. The van der Waals surface area contributed by atoms with Gasteiger partial charge in [-0.05, 0) is 56.7 Å². The minimum absolute atomic E-state index is 0.0792. The maximum atomic E-state index is 13.1. The maximum Gasteiger partial charge on any atom is 0.264 e. The van der Waals surface area contributed by atoms with Gasteiger partial charge in [0.1, 0.15) is 6.54 Å². The van der Waals surface area contributed by atoms with Gasteiger partial charge in [-0.1, -0.05) is 29.8 Å². The van der Waals surface area contributed by atoms with Crippen molar-refractivity contribution >= 4 is 33.2 Å². The number of carbonyl (C=O) groups is 1. The van der Waals surface area contributed by atoms with Crippen LogP contribution < -0.4 is 9.62 Å². The van der Waals surface area contributed by atoms with Gasteiger partial charge in [0.05, 0.1) is 10.6 Å². The van der Waals surface area contributed by atoms with Crippen LogP contribution in [0.15, 0.2) is 53.4 Å². The number of carbonyl (C=O) groups excluding carboxylic acids is 1. The van der Waals surface area contributed by atoms with E-state index < -0.39 is 10.0 Å². The topological polar surface area (TPSA) is 66.5 Å². The molecule has 25 heavy (non-hydrogen) atoms. The zero-order valence-electron chi connectivity index (χ0n) is 14.4. The van der Waals surface area contributed by atoms with Gasteiger partial charge < -0.3 is 5.32 Å². The van der Waals surface area contributed by atoms with Crippen LogP contribution in [0.2, 0.25) is 5.02 Å². The van der Waals surface area contributed by atoms with Gasteiger partial charge in [0, 0.05) is 11.1 Å². The molecule has 0 aliphatic heterocycles. The van der Waals surface area contributed by atoms with Crippen LogP contribution in [0.5, 0.6) is 0 Å². The molecule has 0 spiro atoms. The summed E-state index contributed by atoms with van der Waals surface area (Å²) < 4.78 is 27.4. The summed E-state index contributed by atoms with van der Waals surface area (Å²) in [5.41, 5.74) is 1.23. The number of rotatable bonds is 6. The molecular weight excluding hydrogens is 360 g/mol. The van der Waals surface area contributed by atoms with Gasteiger partial charge in [0.25, 0.3) is 10.0 Å². The van der Waals surface area contributed by atoms with E-state index >= 15 is 0 Å². The van der Waals surface area contributed by atoms with Crippen molar-refractivity contribution in [3.63, 3.8) is 0 Å². The highest BCUT2D eigenvalue weighted by atomic mass is 35.5. The lowest BCUT2D eigenvalue weighted by Crippen LogP contribution is -2.43. The second-order valence-corrected chi connectivity index (χ2v) is 8.27. The number of para-hydroxylation sites is 1. The minimum atomic E-state index is -3.91. The highest BCUT2D eigenvalue weighted by Crippen LogP contribution is 2.27. The average molecular weight is 381 g/mol. The number of hydrogen-bond acceptors (Lipinski definition) is 3. The zero-order valence-corrected chi connectivity index (χ0v) is 15.9. The molecule has 2 aromatic carbocycles. The smallest absolute Gasteiger partial charge is 0.264 e. The Bertz CT molecular complexity index is 849. The highest BCUT2D eigenvalue weighted by Gasteiger charge is 2.28. The molecule has 0 aliphatic rings. The molecule has 0 saturated carbocycles. The Morgan fingerprint density at radius 2 is 1.72 bits per heavy atom. The van der Waals surface area contributed by atoms with E-state index in [4.69, 9.17) is 11.6 Å². The predicted octanol–water partition coefficient (Wildman–Crippen LogP) is 3.37. The van der Waals surface area contributed by atoms with Gasteiger partial charge in [-0.25, -0.2) is 8.42 Å². The van der Waals surface area contributed by atoms with Gasteiger partial charge in [-0.15, -0.1) is 0 Å². The number of amides is 1. The normalized spacial score (nSPS) is 11.4. The van der Waals surface area contributed by atoms with Crippen molar-refractivity contribution in [2.45, 2.75) is 31.7 Å². The van der Waals surface area contributed by atoms with E-state index in [0.717, 1.165) is 9.87 Å². The molecule has 1 N–H and O–H groups in total. The molecule has 0 atom stereocenters. The van der Waals surface area contributed by atoms with E-state index in [1.54, 1.807) is 25.1 Å². The lowest BCUT2D eigenvalue weighted by molar-refractivity contribution is -0.120. The molecule has 0 fully saturated rings. The lowest BCUT2D eigenvalue weighted by atomic mass is 10.2. The van der Waals surface area contributed by atoms with Crippen LogP contribution in [0.1, 0.15) is 19.4 Å². The van der Waals surface area contributed by atoms with Crippen LogP contribution in [0, 0.1) is 6.92 Å². The second-order valence-electron chi connectivity index (χ2n) is 5.97. The summed E-state index contributed by atoms with van der Waals surface area (Å²) in [6, 6.07) is 12.9. The van der Waals surface area contributed by atoms with Crippen LogP contribution >= 0.6 is 11.6 Å². The fraction of sp³-hybridized carbons (Fsp3) is 0.278. The molecule has 0 aliphatic carbocycles. The number of sulfonamides is 1. The van der Waals surface area contributed by atoms with Gasteiger partial charge in [0.15, 0.2) is 0 Å². The van der Waals surface area contributed by atoms with Crippen molar-refractivity contribution in [2.24, 2.45) is 0 Å². The van der Waals surface area contributed by atoms with E-state index in [1.165, 1.54) is 24.3 Å². The minimum Gasteiger partial charge on any atom is -0.352 e. The number of nitrogens with one attached hydrogen (secondary N) is 1. The first kappa shape index (κ1) is 19.3. The molecule has 0 bridgehead atoms. The van der Waals surface area contributed by atoms with Crippen molar-refractivity contribution in [2.75, 3.05) is 10.8 Å². The summed E-state index contributed by atoms with van der Waals surface area (Å²) in [5.74, 6) is -0.365. The molecule has 5 nitrogen and oxygen atoms in total. The second kappa shape index (κ2) is 7.89. The van der Waals surface area contributed by atoms with E-state index in [9.17, 15) is 13.2 Å². The summed E-state index contributed by atoms with van der Waals surface area (Å²) in [6.07, 6.45) is 0. The van der Waals surface area contributed by atoms with Gasteiger partial charge in [-0.2, -0.15) is 0 Å². The zero-order chi connectivity index (χ0) is 18.6. The summed E-state index contributed by atoms with van der Waals surface area (Å²) in [7, 11) is -3.91. The average Bonchev–Trinajstić information content (AvgIpc) is 2.53. The first-order valence-corrected chi connectivity index (χ1v) is 9.67. The molecule has 0 radical (unpaired) electrons. The Hall–Kier alpha value is -2.05.